The van der Waals surface area contributed by atoms with Crippen LogP contribution < -0.4 is 9.46 Å². The molecule has 0 spiro atoms. The van der Waals surface area contributed by atoms with Crippen LogP contribution in [-0.4, -0.2) is 43.5 Å². The van der Waals surface area contributed by atoms with Crippen LogP contribution in [0.25, 0.3) is 27.7 Å². The van der Waals surface area contributed by atoms with Gasteiger partial charge in [0.1, 0.15) is 5.75 Å². The Balaban J connectivity index is 1.60. The third kappa shape index (κ3) is 5.34. The Morgan fingerprint density at radius 2 is 2.11 bits per heavy atom. The highest BCUT2D eigenvalue weighted by Gasteiger charge is 2.30. The second kappa shape index (κ2) is 9.85. The SMILES string of the molecule is [C-]#[N+]c1cc(-c2nc(-c3cccc4c3CC[C@H]4NS(=O)(=O)CC(=O)OC)no2)ccc1OC(C)C. The standard InChI is InChI=1S/C24H24N4O6S/c1-14(2)33-21-11-8-15(12-20(21)25-3)24-26-23(27-34-24)18-7-5-6-17-16(18)9-10-19(17)28-35(30,31)13-22(29)32-4/h5-8,11-12,14,19,28H,9-10,13H2,1-2,4H3/t19-/m1/s1. The molecule has 4 rings (SSSR count). The Morgan fingerprint density at radius 1 is 1.31 bits per heavy atom. The molecule has 0 saturated carbocycles. The fraction of sp³-hybridized carbons (Fsp3) is 0.333. The van der Waals surface area contributed by atoms with Crippen molar-refractivity contribution in [2.24, 2.45) is 0 Å². The van der Waals surface area contributed by atoms with Crippen LogP contribution >= 0.6 is 0 Å². The minimum atomic E-state index is -3.86. The molecule has 35 heavy (non-hydrogen) atoms. The Hall–Kier alpha value is -3.75. The summed E-state index contributed by atoms with van der Waals surface area (Å²) in [6.45, 7) is 11.2. The summed E-state index contributed by atoms with van der Waals surface area (Å²) >= 11 is 0. The molecule has 0 bridgehead atoms. The molecule has 1 aromatic heterocycles. The predicted molar refractivity (Wildman–Crippen MR) is 127 cm³/mol. The highest BCUT2D eigenvalue weighted by Crippen LogP contribution is 2.38. The maximum absolute atomic E-state index is 12.3. The average molecular weight is 497 g/mol. The van der Waals surface area contributed by atoms with Gasteiger partial charge in [0.2, 0.25) is 21.5 Å². The zero-order valence-electron chi connectivity index (χ0n) is 19.4. The molecule has 1 aliphatic rings. The van der Waals surface area contributed by atoms with E-state index < -0.39 is 27.8 Å². The highest BCUT2D eigenvalue weighted by atomic mass is 32.2. The van der Waals surface area contributed by atoms with Crippen LogP contribution in [0.3, 0.4) is 0 Å². The van der Waals surface area contributed by atoms with Gasteiger partial charge >= 0.3 is 5.97 Å². The number of nitrogens with zero attached hydrogens (tertiary/aromatic N) is 3. The van der Waals surface area contributed by atoms with Crippen LogP contribution in [0.4, 0.5) is 5.69 Å². The smallest absolute Gasteiger partial charge is 0.322 e. The summed E-state index contributed by atoms with van der Waals surface area (Å²) in [5, 5.41) is 4.12. The lowest BCUT2D eigenvalue weighted by Crippen LogP contribution is -2.33. The first-order chi connectivity index (χ1) is 16.7. The summed E-state index contributed by atoms with van der Waals surface area (Å²) in [4.78, 5) is 19.5. The first kappa shape index (κ1) is 24.4. The lowest BCUT2D eigenvalue weighted by atomic mass is 10.0. The van der Waals surface area contributed by atoms with Gasteiger partial charge in [-0.05, 0) is 56.0 Å². The van der Waals surface area contributed by atoms with E-state index in [2.05, 4.69) is 24.4 Å². The van der Waals surface area contributed by atoms with Crippen molar-refractivity contribution >= 4 is 21.7 Å². The van der Waals surface area contributed by atoms with Crippen LogP contribution in [0, 0.1) is 6.57 Å². The number of fused-ring (bicyclic) bond motifs is 1. The molecular weight excluding hydrogens is 472 g/mol. The van der Waals surface area contributed by atoms with E-state index in [9.17, 15) is 13.2 Å². The van der Waals surface area contributed by atoms with Crippen molar-refractivity contribution in [3.63, 3.8) is 0 Å². The van der Waals surface area contributed by atoms with Gasteiger partial charge in [-0.25, -0.2) is 18.0 Å². The number of esters is 1. The third-order valence-electron chi connectivity index (χ3n) is 5.48. The lowest BCUT2D eigenvalue weighted by Gasteiger charge is -2.14. The van der Waals surface area contributed by atoms with E-state index in [0.29, 0.717) is 35.7 Å². The summed E-state index contributed by atoms with van der Waals surface area (Å²) in [6, 6.07) is 10.1. The maximum atomic E-state index is 12.3. The monoisotopic (exact) mass is 496 g/mol. The number of carbonyl (C=O) groups excluding carboxylic acids is 1. The number of carbonyl (C=O) groups is 1. The predicted octanol–water partition coefficient (Wildman–Crippen LogP) is 3.82. The van der Waals surface area contributed by atoms with E-state index in [1.807, 2.05) is 26.0 Å². The van der Waals surface area contributed by atoms with E-state index in [-0.39, 0.29) is 12.0 Å². The fourth-order valence-corrected chi connectivity index (χ4v) is 5.19. The number of rotatable bonds is 8. The summed E-state index contributed by atoms with van der Waals surface area (Å²) < 4.78 is 42.9. The minimum absolute atomic E-state index is 0.0645. The molecule has 0 radical (unpaired) electrons. The van der Waals surface area contributed by atoms with Crippen molar-refractivity contribution in [3.05, 3.63) is 58.9 Å². The number of hydrogen-bond acceptors (Lipinski definition) is 8. The van der Waals surface area contributed by atoms with Crippen molar-refractivity contribution in [2.45, 2.75) is 38.8 Å². The van der Waals surface area contributed by atoms with E-state index in [4.69, 9.17) is 15.8 Å². The summed E-state index contributed by atoms with van der Waals surface area (Å²) in [5.41, 5.74) is 3.38. The van der Waals surface area contributed by atoms with Crippen molar-refractivity contribution in [1.82, 2.24) is 14.9 Å². The van der Waals surface area contributed by atoms with E-state index in [1.54, 1.807) is 24.3 Å². The number of methoxy groups -OCH3 is 1. The molecule has 10 nitrogen and oxygen atoms in total. The first-order valence-electron chi connectivity index (χ1n) is 10.9. The van der Waals surface area contributed by atoms with Gasteiger partial charge in [-0.2, -0.15) is 4.98 Å². The Labute approximate surface area is 203 Å². The van der Waals surface area contributed by atoms with E-state index >= 15 is 0 Å². The maximum Gasteiger partial charge on any atom is 0.322 e. The Bertz CT molecular complexity index is 1410. The first-order valence-corrected chi connectivity index (χ1v) is 12.6. The van der Waals surface area contributed by atoms with E-state index in [0.717, 1.165) is 23.8 Å². The average Bonchev–Trinajstić information content (AvgIpc) is 3.46. The third-order valence-corrected chi connectivity index (χ3v) is 6.74. The lowest BCUT2D eigenvalue weighted by molar-refractivity contribution is -0.137. The van der Waals surface area contributed by atoms with Crippen LogP contribution in [0.1, 0.15) is 37.4 Å². The zero-order chi connectivity index (χ0) is 25.2. The van der Waals surface area contributed by atoms with Crippen molar-refractivity contribution in [1.29, 1.82) is 0 Å². The summed E-state index contributed by atoms with van der Waals surface area (Å²) in [5.74, 6) is -0.459. The molecule has 11 heteroatoms. The van der Waals surface area contributed by atoms with Crippen LogP contribution in [0.5, 0.6) is 5.75 Å². The zero-order valence-corrected chi connectivity index (χ0v) is 20.3. The minimum Gasteiger partial charge on any atom is -0.502 e. The molecule has 0 fully saturated rings. The summed E-state index contributed by atoms with van der Waals surface area (Å²) in [7, 11) is -2.71. The highest BCUT2D eigenvalue weighted by molar-refractivity contribution is 7.90. The molecule has 0 aliphatic heterocycles. The molecule has 0 amide bonds. The van der Waals surface area contributed by atoms with Gasteiger partial charge in [0, 0.05) is 17.2 Å². The Kier molecular flexibility index (Phi) is 6.86. The normalized spacial score (nSPS) is 15.0. The van der Waals surface area contributed by atoms with Gasteiger partial charge in [-0.15, -0.1) is 0 Å². The Morgan fingerprint density at radius 3 is 2.83 bits per heavy atom. The van der Waals surface area contributed by atoms with Crippen molar-refractivity contribution in [3.8, 4) is 28.6 Å². The molecule has 1 aliphatic carbocycles. The van der Waals surface area contributed by atoms with Gasteiger partial charge in [0.05, 0.1) is 19.8 Å². The number of sulfonamides is 1. The van der Waals surface area contributed by atoms with Crippen molar-refractivity contribution < 1.29 is 27.2 Å². The number of ether oxygens (including phenoxy) is 2. The second-order valence-corrected chi connectivity index (χ2v) is 10.1. The largest absolute Gasteiger partial charge is 0.502 e. The summed E-state index contributed by atoms with van der Waals surface area (Å²) in [6.07, 6.45) is 1.07. The number of aromatic nitrogens is 2. The van der Waals surface area contributed by atoms with Gasteiger partial charge in [0.25, 0.3) is 5.89 Å². The molecule has 1 heterocycles. The van der Waals surface area contributed by atoms with Crippen LogP contribution in [-0.2, 0) is 26.0 Å². The van der Waals surface area contributed by atoms with Gasteiger partial charge in [0.15, 0.2) is 5.75 Å². The van der Waals surface area contributed by atoms with Gasteiger partial charge in [-0.1, -0.05) is 23.4 Å². The molecule has 182 valence electrons. The van der Waals surface area contributed by atoms with Crippen LogP contribution in [0.2, 0.25) is 0 Å². The molecule has 2 aromatic carbocycles. The van der Waals surface area contributed by atoms with E-state index in [1.165, 1.54) is 0 Å². The molecule has 1 atom stereocenters. The molecule has 3 aromatic rings. The van der Waals surface area contributed by atoms with Crippen molar-refractivity contribution in [2.75, 3.05) is 12.9 Å². The fourth-order valence-electron chi connectivity index (χ4n) is 4.00. The topological polar surface area (TPSA) is 125 Å². The van der Waals surface area contributed by atoms with Crippen LogP contribution in [0.15, 0.2) is 40.9 Å². The quantitative estimate of drug-likeness (QED) is 0.369. The van der Waals surface area contributed by atoms with Gasteiger partial charge in [-0.3, -0.25) is 4.79 Å². The van der Waals surface area contributed by atoms with Gasteiger partial charge < -0.3 is 14.0 Å². The molecule has 1 N–H and O–H groups in total. The number of benzene rings is 2. The molecular formula is C24H24N4O6S. The molecule has 0 unspecified atom stereocenters. The number of nitrogens with one attached hydrogen (secondary N) is 1. The molecule has 0 saturated heterocycles. The number of hydrogen-bond donors (Lipinski definition) is 1. The second-order valence-electron chi connectivity index (χ2n) is 8.30.